The van der Waals surface area contributed by atoms with Gasteiger partial charge >= 0.3 is 0 Å². The number of aliphatic hydroxyl groups is 1. The fourth-order valence-electron chi connectivity index (χ4n) is 2.50. The average molecular weight is 196 g/mol. The largest absolute Gasteiger partial charge is 0.389 e. The zero-order chi connectivity index (χ0) is 11.0. The molecule has 0 bridgehead atoms. The van der Waals surface area contributed by atoms with Gasteiger partial charge in [0.25, 0.3) is 0 Å². The van der Waals surface area contributed by atoms with Crippen molar-refractivity contribution < 1.29 is 9.90 Å². The molecule has 3 atom stereocenters. The number of Topliss-reactive ketones (excluding diaryl/α,β-unsaturated/α-hetero) is 1. The highest BCUT2D eigenvalue weighted by molar-refractivity contribution is 5.83. The van der Waals surface area contributed by atoms with Crippen molar-refractivity contribution in [3.8, 4) is 0 Å². The van der Waals surface area contributed by atoms with Crippen LogP contribution in [-0.2, 0) is 4.79 Å². The Balaban J connectivity index is 3.07. The minimum atomic E-state index is -0.946. The van der Waals surface area contributed by atoms with Gasteiger partial charge in [0, 0.05) is 5.92 Å². The van der Waals surface area contributed by atoms with Crippen LogP contribution in [0.2, 0.25) is 0 Å². The Bertz CT molecular complexity index is 255. The highest BCUT2D eigenvalue weighted by atomic mass is 16.3. The lowest BCUT2D eigenvalue weighted by molar-refractivity contribution is -0.156. The molecular weight excluding hydrogens is 176 g/mol. The first kappa shape index (κ1) is 11.4. The van der Waals surface area contributed by atoms with Gasteiger partial charge in [0.1, 0.15) is 5.78 Å². The lowest BCUT2D eigenvalue weighted by atomic mass is 9.58. The lowest BCUT2D eigenvalue weighted by Crippen LogP contribution is -2.55. The normalized spacial score (nSPS) is 43.3. The van der Waals surface area contributed by atoms with Gasteiger partial charge in [-0.2, -0.15) is 0 Å². The maximum Gasteiger partial charge on any atom is 0.138 e. The van der Waals surface area contributed by atoms with E-state index in [-0.39, 0.29) is 11.7 Å². The van der Waals surface area contributed by atoms with Gasteiger partial charge in [-0.3, -0.25) is 4.79 Å². The molecule has 2 heteroatoms. The fourth-order valence-corrected chi connectivity index (χ4v) is 2.50. The lowest BCUT2D eigenvalue weighted by Gasteiger charge is -2.49. The van der Waals surface area contributed by atoms with Gasteiger partial charge in [0.2, 0.25) is 0 Å². The fraction of sp³-hybridized carbons (Fsp3) is 0.750. The number of hydrogen-bond donors (Lipinski definition) is 1. The minimum Gasteiger partial charge on any atom is -0.389 e. The number of ketones is 1. The highest BCUT2D eigenvalue weighted by Crippen LogP contribution is 2.48. The van der Waals surface area contributed by atoms with E-state index in [4.69, 9.17) is 0 Å². The Hall–Kier alpha value is -0.630. The van der Waals surface area contributed by atoms with Crippen molar-refractivity contribution in [3.63, 3.8) is 0 Å². The van der Waals surface area contributed by atoms with E-state index in [9.17, 15) is 9.90 Å². The van der Waals surface area contributed by atoms with Crippen LogP contribution in [-0.4, -0.2) is 16.5 Å². The summed E-state index contributed by atoms with van der Waals surface area (Å²) in [6.45, 7) is 8.93. The summed E-state index contributed by atoms with van der Waals surface area (Å²) in [6.07, 6.45) is 4.47. The predicted octanol–water partition coefficient (Wildman–Crippen LogP) is 2.32. The van der Waals surface area contributed by atoms with E-state index in [1.54, 1.807) is 19.9 Å². The van der Waals surface area contributed by atoms with E-state index in [1.807, 2.05) is 6.92 Å². The Morgan fingerprint density at radius 1 is 1.57 bits per heavy atom. The van der Waals surface area contributed by atoms with Crippen molar-refractivity contribution in [1.82, 2.24) is 0 Å². The molecule has 1 fully saturated rings. The molecule has 0 aromatic heterocycles. The van der Waals surface area contributed by atoms with Crippen LogP contribution in [0.25, 0.3) is 0 Å². The van der Waals surface area contributed by atoms with Gasteiger partial charge < -0.3 is 5.11 Å². The van der Waals surface area contributed by atoms with E-state index in [2.05, 4.69) is 6.58 Å². The standard InChI is InChI=1S/C12H20O2/c1-5-10-7-6-8-11(3,9(2)13)12(10,4)14/h5,10,14H,1,6-8H2,2-4H3/t10?,11-,12-/m1/s1. The van der Waals surface area contributed by atoms with E-state index >= 15 is 0 Å². The molecule has 1 N–H and O–H groups in total. The molecule has 0 saturated heterocycles. The molecule has 1 saturated carbocycles. The first-order valence-electron chi connectivity index (χ1n) is 5.22. The van der Waals surface area contributed by atoms with Crippen LogP contribution in [0.5, 0.6) is 0 Å². The minimum absolute atomic E-state index is 0.0325. The number of carbonyl (C=O) groups is 1. The summed E-state index contributed by atoms with van der Waals surface area (Å²) in [5.41, 5.74) is -1.55. The molecule has 0 aromatic rings. The molecule has 0 spiro atoms. The third-order valence-corrected chi connectivity index (χ3v) is 4.09. The van der Waals surface area contributed by atoms with Gasteiger partial charge in [-0.15, -0.1) is 6.58 Å². The van der Waals surface area contributed by atoms with Crippen molar-refractivity contribution in [2.45, 2.75) is 45.6 Å². The first-order chi connectivity index (χ1) is 6.36. The molecule has 0 aromatic carbocycles. The number of hydrogen-bond acceptors (Lipinski definition) is 2. The SMILES string of the molecule is C=CC1CCC[C@](C)(C(C)=O)[C@]1(C)O. The summed E-state index contributed by atoms with van der Waals surface area (Å²) >= 11 is 0. The summed E-state index contributed by atoms with van der Waals surface area (Å²) in [5, 5.41) is 10.4. The van der Waals surface area contributed by atoms with Crippen LogP contribution in [0, 0.1) is 11.3 Å². The molecule has 1 unspecified atom stereocenters. The molecule has 1 aliphatic rings. The molecule has 80 valence electrons. The Labute approximate surface area is 86.0 Å². The first-order valence-corrected chi connectivity index (χ1v) is 5.22. The van der Waals surface area contributed by atoms with E-state index < -0.39 is 11.0 Å². The Morgan fingerprint density at radius 3 is 2.57 bits per heavy atom. The summed E-state index contributed by atoms with van der Waals surface area (Å²) < 4.78 is 0. The molecule has 1 rings (SSSR count). The van der Waals surface area contributed by atoms with Crippen molar-refractivity contribution in [2.24, 2.45) is 11.3 Å². The van der Waals surface area contributed by atoms with E-state index in [1.165, 1.54) is 0 Å². The zero-order valence-corrected chi connectivity index (χ0v) is 9.34. The van der Waals surface area contributed by atoms with E-state index in [0.29, 0.717) is 0 Å². The summed E-state index contributed by atoms with van der Waals surface area (Å²) in [4.78, 5) is 11.6. The summed E-state index contributed by atoms with van der Waals surface area (Å²) in [5.74, 6) is 0.110. The molecule has 0 radical (unpaired) electrons. The van der Waals surface area contributed by atoms with Crippen LogP contribution in [0.3, 0.4) is 0 Å². The molecule has 14 heavy (non-hydrogen) atoms. The van der Waals surface area contributed by atoms with Crippen molar-refractivity contribution >= 4 is 5.78 Å². The van der Waals surface area contributed by atoms with Crippen LogP contribution in [0.1, 0.15) is 40.0 Å². The van der Waals surface area contributed by atoms with Crippen LogP contribution in [0.4, 0.5) is 0 Å². The van der Waals surface area contributed by atoms with Gasteiger partial charge in [-0.1, -0.05) is 12.5 Å². The number of rotatable bonds is 2. The van der Waals surface area contributed by atoms with Crippen LogP contribution >= 0.6 is 0 Å². The van der Waals surface area contributed by atoms with Crippen molar-refractivity contribution in [3.05, 3.63) is 12.7 Å². The second-order valence-electron chi connectivity index (χ2n) is 4.77. The van der Waals surface area contributed by atoms with Crippen molar-refractivity contribution in [1.29, 1.82) is 0 Å². The number of carbonyl (C=O) groups excluding carboxylic acids is 1. The van der Waals surface area contributed by atoms with Gasteiger partial charge in [-0.05, 0) is 33.6 Å². The molecular formula is C12H20O2. The second kappa shape index (κ2) is 3.50. The van der Waals surface area contributed by atoms with Crippen molar-refractivity contribution in [2.75, 3.05) is 0 Å². The molecule has 0 aliphatic heterocycles. The maximum absolute atomic E-state index is 11.6. The highest BCUT2D eigenvalue weighted by Gasteiger charge is 2.52. The predicted molar refractivity (Wildman–Crippen MR) is 56.9 cm³/mol. The smallest absolute Gasteiger partial charge is 0.138 e. The third-order valence-electron chi connectivity index (χ3n) is 4.09. The Morgan fingerprint density at radius 2 is 2.14 bits per heavy atom. The average Bonchev–Trinajstić information content (AvgIpc) is 2.09. The second-order valence-corrected chi connectivity index (χ2v) is 4.77. The summed E-state index contributed by atoms with van der Waals surface area (Å²) in [6, 6.07) is 0. The monoisotopic (exact) mass is 196 g/mol. The topological polar surface area (TPSA) is 37.3 Å². The summed E-state index contributed by atoms with van der Waals surface area (Å²) in [7, 11) is 0. The van der Waals surface area contributed by atoms with E-state index in [0.717, 1.165) is 19.3 Å². The zero-order valence-electron chi connectivity index (χ0n) is 9.34. The molecule has 0 heterocycles. The van der Waals surface area contributed by atoms with Crippen LogP contribution in [0.15, 0.2) is 12.7 Å². The van der Waals surface area contributed by atoms with Gasteiger partial charge in [0.15, 0.2) is 0 Å². The molecule has 2 nitrogen and oxygen atoms in total. The quantitative estimate of drug-likeness (QED) is 0.688. The van der Waals surface area contributed by atoms with Gasteiger partial charge in [0.05, 0.1) is 11.0 Å². The third kappa shape index (κ3) is 1.42. The maximum atomic E-state index is 11.6. The Kier molecular flexibility index (Phi) is 2.86. The van der Waals surface area contributed by atoms with Crippen LogP contribution < -0.4 is 0 Å². The molecule has 1 aliphatic carbocycles. The molecule has 0 amide bonds. The van der Waals surface area contributed by atoms with Gasteiger partial charge in [-0.25, -0.2) is 0 Å².